The fourth-order valence-electron chi connectivity index (χ4n) is 3.26. The molecule has 0 aliphatic carbocycles. The number of fused-ring (bicyclic) bond motifs is 1. The second kappa shape index (κ2) is 10.6. The quantitative estimate of drug-likeness (QED) is 0.596. The number of esters is 1. The molecule has 1 aliphatic rings. The molecule has 1 heterocycles. The molecule has 32 heavy (non-hydrogen) atoms. The largest absolute Gasteiger partial charge is 0.497 e. The number of carbonyl (C=O) groups is 2. The van der Waals surface area contributed by atoms with Crippen LogP contribution in [0.5, 0.6) is 17.2 Å². The molecule has 1 atom stereocenters. The number of halogens is 1. The normalized spacial score (nSPS) is 13.6. The number of hydrogen-bond acceptors (Lipinski definition) is 7. The van der Waals surface area contributed by atoms with Crippen molar-refractivity contribution >= 4 is 23.5 Å². The van der Waals surface area contributed by atoms with Crippen LogP contribution < -0.4 is 19.5 Å². The fourth-order valence-corrected chi connectivity index (χ4v) is 3.53. The smallest absolute Gasteiger partial charge is 0.329 e. The van der Waals surface area contributed by atoms with Crippen LogP contribution in [0.15, 0.2) is 30.3 Å². The van der Waals surface area contributed by atoms with Crippen molar-refractivity contribution in [3.05, 3.63) is 52.0 Å². The fraction of sp³-hybridized carbons (Fsp3) is 0.391. The van der Waals surface area contributed by atoms with Crippen molar-refractivity contribution in [2.24, 2.45) is 5.92 Å². The summed E-state index contributed by atoms with van der Waals surface area (Å²) in [6.07, 6.45) is 0. The first-order chi connectivity index (χ1) is 15.3. The van der Waals surface area contributed by atoms with Crippen LogP contribution in [0, 0.1) is 5.92 Å². The van der Waals surface area contributed by atoms with Gasteiger partial charge in [-0.05, 0) is 30.2 Å². The van der Waals surface area contributed by atoms with Crippen molar-refractivity contribution in [1.82, 2.24) is 5.32 Å². The lowest BCUT2D eigenvalue weighted by Crippen LogP contribution is -2.45. The van der Waals surface area contributed by atoms with Crippen molar-refractivity contribution in [1.29, 1.82) is 0 Å². The molecule has 0 saturated heterocycles. The van der Waals surface area contributed by atoms with Crippen LogP contribution in [-0.4, -0.2) is 38.9 Å². The van der Waals surface area contributed by atoms with Crippen LogP contribution in [-0.2, 0) is 27.5 Å². The molecule has 8 nitrogen and oxygen atoms in total. The number of carbonyl (C=O) groups excluding carboxylic acids is 2. The molecule has 2 aromatic carbocycles. The maximum atomic E-state index is 12.8. The van der Waals surface area contributed by atoms with E-state index >= 15 is 0 Å². The molecular weight excluding hydrogens is 438 g/mol. The lowest BCUT2D eigenvalue weighted by molar-refractivity contribution is -0.148. The number of benzene rings is 2. The van der Waals surface area contributed by atoms with Crippen LogP contribution >= 0.6 is 11.6 Å². The third kappa shape index (κ3) is 5.63. The molecule has 1 aliphatic heterocycles. The van der Waals surface area contributed by atoms with E-state index in [1.165, 1.54) is 14.2 Å². The Labute approximate surface area is 191 Å². The maximum absolute atomic E-state index is 12.8. The number of nitrogens with one attached hydrogen (secondary N) is 1. The molecule has 0 fully saturated rings. The average molecular weight is 464 g/mol. The Morgan fingerprint density at radius 1 is 1.09 bits per heavy atom. The van der Waals surface area contributed by atoms with E-state index in [1.54, 1.807) is 30.3 Å². The Morgan fingerprint density at radius 3 is 2.41 bits per heavy atom. The summed E-state index contributed by atoms with van der Waals surface area (Å²) in [6, 6.07) is 7.37. The Hall–Kier alpha value is -2.97. The van der Waals surface area contributed by atoms with Crippen molar-refractivity contribution in [2.75, 3.05) is 21.0 Å². The standard InChI is InChI=1S/C23H26ClNO7/c1-13(2)20(25-22(26)14-7-18(28-3)9-19(8-14)29-4)23(27)31-11-16-6-17(24)5-15-10-30-12-32-21(15)16/h5-9,13,20H,10-12H2,1-4H3,(H,25,26). The van der Waals surface area contributed by atoms with E-state index in [2.05, 4.69) is 5.32 Å². The van der Waals surface area contributed by atoms with Gasteiger partial charge in [0.05, 0.1) is 20.8 Å². The molecule has 1 N–H and O–H groups in total. The molecule has 0 spiro atoms. The van der Waals surface area contributed by atoms with Crippen LogP contribution in [0.2, 0.25) is 5.02 Å². The van der Waals surface area contributed by atoms with E-state index in [1.807, 2.05) is 13.8 Å². The first-order valence-electron chi connectivity index (χ1n) is 10.0. The number of methoxy groups -OCH3 is 2. The average Bonchev–Trinajstić information content (AvgIpc) is 2.79. The van der Waals surface area contributed by atoms with Gasteiger partial charge in [0, 0.05) is 27.8 Å². The molecule has 0 bridgehead atoms. The van der Waals surface area contributed by atoms with Gasteiger partial charge in [0.1, 0.15) is 29.9 Å². The van der Waals surface area contributed by atoms with Crippen molar-refractivity contribution in [2.45, 2.75) is 33.1 Å². The second-order valence-electron chi connectivity index (χ2n) is 7.57. The van der Waals surface area contributed by atoms with E-state index in [0.717, 1.165) is 5.56 Å². The van der Waals surface area contributed by atoms with E-state index in [-0.39, 0.29) is 19.3 Å². The zero-order chi connectivity index (χ0) is 23.3. The molecule has 1 amide bonds. The third-order valence-corrected chi connectivity index (χ3v) is 5.16. The summed E-state index contributed by atoms with van der Waals surface area (Å²) in [5, 5.41) is 3.23. The van der Waals surface area contributed by atoms with Crippen molar-refractivity contribution in [3.63, 3.8) is 0 Å². The van der Waals surface area contributed by atoms with Gasteiger partial charge in [-0.2, -0.15) is 0 Å². The third-order valence-electron chi connectivity index (χ3n) is 4.94. The highest BCUT2D eigenvalue weighted by Gasteiger charge is 2.27. The summed E-state index contributed by atoms with van der Waals surface area (Å²) in [4.78, 5) is 25.7. The summed E-state index contributed by atoms with van der Waals surface area (Å²) in [5.41, 5.74) is 1.72. The Morgan fingerprint density at radius 2 is 1.78 bits per heavy atom. The topological polar surface area (TPSA) is 92.3 Å². The van der Waals surface area contributed by atoms with Crippen molar-refractivity contribution < 1.29 is 33.3 Å². The van der Waals surface area contributed by atoms with Gasteiger partial charge in [0.25, 0.3) is 5.91 Å². The van der Waals surface area contributed by atoms with E-state index in [9.17, 15) is 9.59 Å². The van der Waals surface area contributed by atoms with Gasteiger partial charge in [-0.25, -0.2) is 4.79 Å². The van der Waals surface area contributed by atoms with Crippen LogP contribution in [0.1, 0.15) is 35.3 Å². The lowest BCUT2D eigenvalue weighted by atomic mass is 10.0. The van der Waals surface area contributed by atoms with Gasteiger partial charge in [-0.3, -0.25) is 4.79 Å². The summed E-state index contributed by atoms with van der Waals surface area (Å²) in [6.45, 7) is 4.07. The number of hydrogen-bond donors (Lipinski definition) is 1. The molecule has 9 heteroatoms. The first kappa shape index (κ1) is 23.7. The predicted molar refractivity (Wildman–Crippen MR) is 117 cm³/mol. The Balaban J connectivity index is 1.72. The molecule has 0 aromatic heterocycles. The Bertz CT molecular complexity index is 970. The molecule has 1 unspecified atom stereocenters. The SMILES string of the molecule is COc1cc(OC)cc(C(=O)NC(C(=O)OCc2cc(Cl)cc3c2OCOC3)C(C)C)c1. The minimum Gasteiger partial charge on any atom is -0.497 e. The van der Waals surface area contributed by atoms with Gasteiger partial charge >= 0.3 is 5.97 Å². The van der Waals surface area contributed by atoms with Gasteiger partial charge in [-0.15, -0.1) is 0 Å². The molecule has 2 aromatic rings. The van der Waals surface area contributed by atoms with Crippen LogP contribution in [0.25, 0.3) is 0 Å². The summed E-state index contributed by atoms with van der Waals surface area (Å²) in [5.74, 6) is 0.308. The van der Waals surface area contributed by atoms with E-state index in [0.29, 0.717) is 40.0 Å². The van der Waals surface area contributed by atoms with Gasteiger partial charge in [-0.1, -0.05) is 25.4 Å². The lowest BCUT2D eigenvalue weighted by Gasteiger charge is -2.23. The predicted octanol–water partition coefficient (Wildman–Crippen LogP) is 3.72. The highest BCUT2D eigenvalue weighted by molar-refractivity contribution is 6.30. The Kier molecular flexibility index (Phi) is 7.82. The molecular formula is C23H26ClNO7. The summed E-state index contributed by atoms with van der Waals surface area (Å²) >= 11 is 6.17. The van der Waals surface area contributed by atoms with Crippen molar-refractivity contribution in [3.8, 4) is 17.2 Å². The van der Waals surface area contributed by atoms with Crippen LogP contribution in [0.3, 0.4) is 0 Å². The zero-order valence-corrected chi connectivity index (χ0v) is 19.2. The van der Waals surface area contributed by atoms with Gasteiger partial charge in [0.15, 0.2) is 6.79 Å². The zero-order valence-electron chi connectivity index (χ0n) is 18.4. The molecule has 172 valence electrons. The number of ether oxygens (including phenoxy) is 5. The van der Waals surface area contributed by atoms with Crippen LogP contribution in [0.4, 0.5) is 0 Å². The molecule has 0 radical (unpaired) electrons. The van der Waals surface area contributed by atoms with Gasteiger partial charge < -0.3 is 29.0 Å². The van der Waals surface area contributed by atoms with Gasteiger partial charge in [0.2, 0.25) is 0 Å². The number of amides is 1. The summed E-state index contributed by atoms with van der Waals surface area (Å²) in [7, 11) is 2.99. The van der Waals surface area contributed by atoms with E-state index < -0.39 is 17.9 Å². The maximum Gasteiger partial charge on any atom is 0.329 e. The molecule has 0 saturated carbocycles. The minimum absolute atomic E-state index is 0.0478. The first-order valence-corrected chi connectivity index (χ1v) is 10.4. The second-order valence-corrected chi connectivity index (χ2v) is 8.00. The minimum atomic E-state index is -0.862. The van der Waals surface area contributed by atoms with E-state index in [4.69, 9.17) is 35.3 Å². The number of rotatable bonds is 8. The monoisotopic (exact) mass is 463 g/mol. The molecule has 3 rings (SSSR count). The highest BCUT2D eigenvalue weighted by atomic mass is 35.5. The highest BCUT2D eigenvalue weighted by Crippen LogP contribution is 2.32. The summed E-state index contributed by atoms with van der Waals surface area (Å²) < 4.78 is 26.7.